The van der Waals surface area contributed by atoms with Gasteiger partial charge in [-0.3, -0.25) is 9.69 Å². The van der Waals surface area contributed by atoms with Gasteiger partial charge in [-0.05, 0) is 68.0 Å². The first-order chi connectivity index (χ1) is 16.0. The summed E-state index contributed by atoms with van der Waals surface area (Å²) in [6.07, 6.45) is 5.82. The molecule has 0 bridgehead atoms. The molecule has 3 aromatic rings. The molecule has 0 radical (unpaired) electrons. The van der Waals surface area contributed by atoms with E-state index >= 15 is 0 Å². The largest absolute Gasteiger partial charge is 0.490 e. The van der Waals surface area contributed by atoms with Gasteiger partial charge in [0.05, 0.1) is 23.6 Å². The summed E-state index contributed by atoms with van der Waals surface area (Å²) in [6, 6.07) is 10.7. The highest BCUT2D eigenvalue weighted by atomic mass is 35.5. The summed E-state index contributed by atoms with van der Waals surface area (Å²) in [5.74, 6) is 1.04. The van der Waals surface area contributed by atoms with Crippen LogP contribution in [0.25, 0.3) is 16.6 Å². The fourth-order valence-electron chi connectivity index (χ4n) is 5.26. The van der Waals surface area contributed by atoms with Crippen LogP contribution in [-0.2, 0) is 16.1 Å². The third-order valence-corrected chi connectivity index (χ3v) is 7.26. The Balaban J connectivity index is 1.35. The molecule has 1 aromatic heterocycles. The molecule has 5 rings (SSSR count). The standard InChI is InChI=1S/C26H28ClFN2O3/c1-32-26(31)18-4-2-17(3-5-18)15-29-10-11-33-25-20(16-29)13-22(14-23(25)27)30-9-8-19-12-21(28)6-7-24(19)30/h6-9,12-14,17-18H,2-5,10-11,15-16H2,1H3/t17-,18+. The van der Waals surface area contributed by atoms with Crippen molar-refractivity contribution < 1.29 is 18.7 Å². The average Bonchev–Trinajstić information content (AvgIpc) is 3.12. The van der Waals surface area contributed by atoms with Crippen LogP contribution in [0.5, 0.6) is 5.75 Å². The van der Waals surface area contributed by atoms with Gasteiger partial charge in [0, 0.05) is 42.5 Å². The second kappa shape index (κ2) is 9.35. The highest BCUT2D eigenvalue weighted by Crippen LogP contribution is 2.36. The second-order valence-electron chi connectivity index (χ2n) is 9.13. The zero-order chi connectivity index (χ0) is 22.9. The lowest BCUT2D eigenvalue weighted by molar-refractivity contribution is -0.146. The summed E-state index contributed by atoms with van der Waals surface area (Å²) < 4.78 is 26.6. The molecule has 5 nitrogen and oxygen atoms in total. The van der Waals surface area contributed by atoms with Crippen LogP contribution < -0.4 is 4.74 Å². The minimum absolute atomic E-state index is 0.0469. The summed E-state index contributed by atoms with van der Waals surface area (Å²) in [5.41, 5.74) is 2.92. The lowest BCUT2D eigenvalue weighted by Gasteiger charge is -2.31. The van der Waals surface area contributed by atoms with Gasteiger partial charge in [-0.1, -0.05) is 11.6 Å². The van der Waals surface area contributed by atoms with Crippen molar-refractivity contribution in [1.29, 1.82) is 0 Å². The minimum atomic E-state index is -0.245. The monoisotopic (exact) mass is 470 g/mol. The SMILES string of the molecule is COC(=O)[C@H]1CC[C@@H](CN2CCOc3c(Cl)cc(-n4ccc5cc(F)ccc54)cc3C2)CC1. The molecule has 1 fully saturated rings. The number of hydrogen-bond acceptors (Lipinski definition) is 4. The number of rotatable bonds is 4. The summed E-state index contributed by atoms with van der Waals surface area (Å²) in [4.78, 5) is 14.3. The van der Waals surface area contributed by atoms with Crippen molar-refractivity contribution in [3.63, 3.8) is 0 Å². The van der Waals surface area contributed by atoms with Crippen molar-refractivity contribution in [3.05, 3.63) is 59.0 Å². The van der Waals surface area contributed by atoms with Gasteiger partial charge in [0.25, 0.3) is 0 Å². The Hall–Kier alpha value is -2.57. The van der Waals surface area contributed by atoms with E-state index < -0.39 is 0 Å². The van der Waals surface area contributed by atoms with Gasteiger partial charge in [-0.2, -0.15) is 0 Å². The molecule has 0 amide bonds. The topological polar surface area (TPSA) is 43.7 Å². The van der Waals surface area contributed by atoms with Gasteiger partial charge in [-0.15, -0.1) is 0 Å². The molecule has 1 aliphatic carbocycles. The fraction of sp³-hybridized carbons (Fsp3) is 0.423. The van der Waals surface area contributed by atoms with Crippen LogP contribution in [0.15, 0.2) is 42.6 Å². The van der Waals surface area contributed by atoms with E-state index in [4.69, 9.17) is 21.1 Å². The quantitative estimate of drug-likeness (QED) is 0.466. The van der Waals surface area contributed by atoms with Crippen LogP contribution >= 0.6 is 11.6 Å². The number of halogens is 2. The fourth-order valence-corrected chi connectivity index (χ4v) is 5.54. The van der Waals surface area contributed by atoms with Crippen molar-refractivity contribution >= 4 is 28.5 Å². The number of benzene rings is 2. The van der Waals surface area contributed by atoms with E-state index in [9.17, 15) is 9.18 Å². The van der Waals surface area contributed by atoms with Crippen molar-refractivity contribution in [3.8, 4) is 11.4 Å². The zero-order valence-corrected chi connectivity index (χ0v) is 19.5. The van der Waals surface area contributed by atoms with Crippen molar-refractivity contribution in [2.24, 2.45) is 11.8 Å². The van der Waals surface area contributed by atoms with Crippen LogP contribution in [-0.4, -0.2) is 42.2 Å². The van der Waals surface area contributed by atoms with Gasteiger partial charge in [-0.25, -0.2) is 4.39 Å². The Morgan fingerprint density at radius 2 is 2.00 bits per heavy atom. The van der Waals surface area contributed by atoms with E-state index in [0.29, 0.717) is 17.5 Å². The maximum Gasteiger partial charge on any atom is 0.308 e. The molecule has 2 aliphatic rings. The maximum atomic E-state index is 13.6. The summed E-state index contributed by atoms with van der Waals surface area (Å²) >= 11 is 6.65. The number of esters is 1. The predicted molar refractivity (Wildman–Crippen MR) is 126 cm³/mol. The molecule has 0 N–H and O–H groups in total. The Morgan fingerprint density at radius 3 is 2.79 bits per heavy atom. The highest BCUT2D eigenvalue weighted by Gasteiger charge is 2.29. The summed E-state index contributed by atoms with van der Waals surface area (Å²) in [6.45, 7) is 3.16. The minimum Gasteiger partial charge on any atom is -0.490 e. The Morgan fingerprint density at radius 1 is 1.18 bits per heavy atom. The molecule has 0 atom stereocenters. The van der Waals surface area contributed by atoms with Gasteiger partial charge in [0.15, 0.2) is 0 Å². The Labute approximate surface area is 198 Å². The zero-order valence-electron chi connectivity index (χ0n) is 18.7. The van der Waals surface area contributed by atoms with E-state index in [1.54, 1.807) is 6.07 Å². The van der Waals surface area contributed by atoms with Crippen LogP contribution in [0, 0.1) is 17.7 Å². The number of carbonyl (C=O) groups is 1. The number of ether oxygens (including phenoxy) is 2. The second-order valence-corrected chi connectivity index (χ2v) is 9.54. The van der Waals surface area contributed by atoms with Crippen LogP contribution in [0.3, 0.4) is 0 Å². The lowest BCUT2D eigenvalue weighted by Crippen LogP contribution is -2.34. The first-order valence-electron chi connectivity index (χ1n) is 11.5. The number of aromatic nitrogens is 1. The molecule has 2 heterocycles. The first kappa shape index (κ1) is 22.2. The highest BCUT2D eigenvalue weighted by molar-refractivity contribution is 6.32. The Bertz CT molecular complexity index is 1170. The van der Waals surface area contributed by atoms with Gasteiger partial charge >= 0.3 is 5.97 Å². The third kappa shape index (κ3) is 4.59. The average molecular weight is 471 g/mol. The molecule has 0 spiro atoms. The van der Waals surface area contributed by atoms with Crippen LogP contribution in [0.1, 0.15) is 31.2 Å². The maximum absolute atomic E-state index is 13.6. The molecule has 0 saturated heterocycles. The number of methoxy groups -OCH3 is 1. The van der Waals surface area contributed by atoms with Crippen molar-refractivity contribution in [2.75, 3.05) is 26.8 Å². The van der Waals surface area contributed by atoms with Crippen molar-refractivity contribution in [1.82, 2.24) is 9.47 Å². The molecule has 1 aliphatic heterocycles. The number of carbonyl (C=O) groups excluding carboxylic acids is 1. The van der Waals surface area contributed by atoms with Gasteiger partial charge in [0.2, 0.25) is 0 Å². The number of nitrogens with zero attached hydrogens (tertiary/aromatic N) is 2. The van der Waals surface area contributed by atoms with E-state index in [1.165, 1.54) is 19.2 Å². The van der Waals surface area contributed by atoms with Crippen LogP contribution in [0.4, 0.5) is 4.39 Å². The molecule has 7 heteroatoms. The molecular formula is C26H28ClFN2O3. The Kier molecular flexibility index (Phi) is 6.30. The van der Waals surface area contributed by atoms with E-state index in [1.807, 2.05) is 22.9 Å². The van der Waals surface area contributed by atoms with Crippen LogP contribution in [0.2, 0.25) is 5.02 Å². The predicted octanol–water partition coefficient (Wildman–Crippen LogP) is 5.60. The third-order valence-electron chi connectivity index (χ3n) is 6.98. The molecule has 0 unspecified atom stereocenters. The van der Waals surface area contributed by atoms with E-state index in [2.05, 4.69) is 11.0 Å². The van der Waals surface area contributed by atoms with Gasteiger partial charge < -0.3 is 14.0 Å². The smallest absolute Gasteiger partial charge is 0.308 e. The number of hydrogen-bond donors (Lipinski definition) is 0. The molecular weight excluding hydrogens is 443 g/mol. The number of fused-ring (bicyclic) bond motifs is 2. The van der Waals surface area contributed by atoms with Gasteiger partial charge in [0.1, 0.15) is 18.2 Å². The lowest BCUT2D eigenvalue weighted by atomic mass is 9.82. The summed E-state index contributed by atoms with van der Waals surface area (Å²) in [5, 5.41) is 1.44. The summed E-state index contributed by atoms with van der Waals surface area (Å²) in [7, 11) is 1.47. The molecule has 33 heavy (non-hydrogen) atoms. The van der Waals surface area contributed by atoms with E-state index in [0.717, 1.165) is 73.2 Å². The molecule has 174 valence electrons. The molecule has 2 aromatic carbocycles. The molecule has 1 saturated carbocycles. The van der Waals surface area contributed by atoms with Crippen molar-refractivity contribution in [2.45, 2.75) is 32.2 Å². The first-order valence-corrected chi connectivity index (χ1v) is 11.9. The normalized spacial score (nSPS) is 21.3. The van der Waals surface area contributed by atoms with E-state index in [-0.39, 0.29) is 17.7 Å².